The maximum absolute atomic E-state index is 12.9. The summed E-state index contributed by atoms with van der Waals surface area (Å²) in [5.74, 6) is -0.811. The maximum atomic E-state index is 12.9. The number of carbonyl (C=O) groups is 2. The summed E-state index contributed by atoms with van der Waals surface area (Å²) in [5.41, 5.74) is 1.92. The van der Waals surface area contributed by atoms with E-state index in [2.05, 4.69) is 20.9 Å². The number of benzene rings is 3. The lowest BCUT2D eigenvalue weighted by Crippen LogP contribution is -2.19. The molecule has 154 valence electrons. The molecule has 4 N–H and O–H groups in total. The number of pyridine rings is 1. The van der Waals surface area contributed by atoms with Crippen LogP contribution in [0.2, 0.25) is 0 Å². The van der Waals surface area contributed by atoms with Gasteiger partial charge in [-0.05, 0) is 54.6 Å². The van der Waals surface area contributed by atoms with Crippen LogP contribution in [0.15, 0.2) is 83.7 Å². The van der Waals surface area contributed by atoms with Crippen molar-refractivity contribution in [1.29, 1.82) is 0 Å². The highest BCUT2D eigenvalue weighted by molar-refractivity contribution is 6.12. The highest BCUT2D eigenvalue weighted by Crippen LogP contribution is 2.18. The van der Waals surface area contributed by atoms with Crippen LogP contribution < -0.4 is 21.5 Å². The van der Waals surface area contributed by atoms with Crippen LogP contribution in [-0.2, 0) is 0 Å². The fraction of sp³-hybridized carbons (Fsp3) is 0. The number of hydrogen-bond donors (Lipinski definition) is 4. The lowest BCUT2D eigenvalue weighted by molar-refractivity contribution is 0.102. The van der Waals surface area contributed by atoms with Gasteiger partial charge < -0.3 is 20.9 Å². The summed E-state index contributed by atoms with van der Waals surface area (Å²) in [6.45, 7) is 0. The first-order chi connectivity index (χ1) is 15.0. The van der Waals surface area contributed by atoms with E-state index in [0.29, 0.717) is 28.0 Å². The van der Waals surface area contributed by atoms with Crippen LogP contribution in [0.1, 0.15) is 10.4 Å². The van der Waals surface area contributed by atoms with Crippen molar-refractivity contribution >= 4 is 39.9 Å². The van der Waals surface area contributed by atoms with Crippen LogP contribution in [0.5, 0.6) is 0 Å². The number of aromatic nitrogens is 1. The van der Waals surface area contributed by atoms with Gasteiger partial charge in [0.2, 0.25) is 5.56 Å². The number of H-pyrrole nitrogens is 1. The highest BCUT2D eigenvalue weighted by Gasteiger charge is 2.12. The van der Waals surface area contributed by atoms with Crippen LogP contribution in [-0.4, -0.2) is 16.9 Å². The Hall–Kier alpha value is -4.46. The second-order valence-electron chi connectivity index (χ2n) is 6.71. The molecule has 3 aromatic carbocycles. The quantitative estimate of drug-likeness (QED) is 0.392. The van der Waals surface area contributed by atoms with Crippen LogP contribution in [0, 0.1) is 5.82 Å². The van der Waals surface area contributed by atoms with E-state index in [-0.39, 0.29) is 11.1 Å². The molecule has 0 radical (unpaired) electrons. The molecule has 7 nitrogen and oxygen atoms in total. The Morgan fingerprint density at radius 2 is 1.29 bits per heavy atom. The normalized spacial score (nSPS) is 10.5. The van der Waals surface area contributed by atoms with Gasteiger partial charge in [0.05, 0.1) is 5.56 Å². The first-order valence-corrected chi connectivity index (χ1v) is 9.35. The summed E-state index contributed by atoms with van der Waals surface area (Å²) in [5, 5.41) is 8.62. The molecule has 0 aliphatic heterocycles. The zero-order chi connectivity index (χ0) is 21.8. The van der Waals surface area contributed by atoms with E-state index < -0.39 is 17.8 Å². The van der Waals surface area contributed by atoms with Gasteiger partial charge in [0.15, 0.2) is 0 Å². The van der Waals surface area contributed by atoms with Crippen molar-refractivity contribution in [2.24, 2.45) is 0 Å². The third-order valence-electron chi connectivity index (χ3n) is 4.50. The minimum Gasteiger partial charge on any atom is -0.322 e. The van der Waals surface area contributed by atoms with Gasteiger partial charge in [-0.2, -0.15) is 0 Å². The molecular weight excluding hydrogens is 399 g/mol. The van der Waals surface area contributed by atoms with E-state index in [0.717, 1.165) is 0 Å². The summed E-state index contributed by atoms with van der Waals surface area (Å²) in [6.07, 6.45) is 0. The Kier molecular flexibility index (Phi) is 5.44. The van der Waals surface area contributed by atoms with Gasteiger partial charge in [-0.25, -0.2) is 9.18 Å². The van der Waals surface area contributed by atoms with E-state index in [4.69, 9.17) is 0 Å². The molecule has 0 saturated heterocycles. The lowest BCUT2D eigenvalue weighted by atomic mass is 10.1. The predicted octanol–water partition coefficient (Wildman–Crippen LogP) is 4.56. The zero-order valence-corrected chi connectivity index (χ0v) is 16.1. The summed E-state index contributed by atoms with van der Waals surface area (Å²) >= 11 is 0. The minimum atomic E-state index is -0.488. The molecule has 1 aromatic heterocycles. The monoisotopic (exact) mass is 416 g/mol. The Balaban J connectivity index is 1.43. The number of para-hydroxylation sites is 1. The van der Waals surface area contributed by atoms with Crippen LogP contribution in [0.4, 0.5) is 26.2 Å². The Labute approximate surface area is 175 Å². The Bertz CT molecular complexity index is 1320. The number of aromatic amines is 1. The van der Waals surface area contributed by atoms with Crippen LogP contribution in [0.25, 0.3) is 10.9 Å². The standard InChI is InChI=1S/C23H17FN4O3/c24-14-5-7-16(8-6-14)26-23(31)27-17-11-9-15(10-12-17)25-22(30)19-13-21(29)28-20-4-2-1-3-18(19)20/h1-13H,(H,25,30)(H,28,29)(H2,26,27,31). The summed E-state index contributed by atoms with van der Waals surface area (Å²) in [6, 6.07) is 19.7. The Morgan fingerprint density at radius 1 is 0.742 bits per heavy atom. The minimum absolute atomic E-state index is 0.264. The number of fused-ring (bicyclic) bond motifs is 1. The number of hydrogen-bond acceptors (Lipinski definition) is 3. The molecule has 0 aliphatic rings. The number of carbonyl (C=O) groups excluding carboxylic acids is 2. The van der Waals surface area contributed by atoms with E-state index >= 15 is 0 Å². The second kappa shape index (κ2) is 8.50. The van der Waals surface area contributed by atoms with Gasteiger partial charge in [-0.3, -0.25) is 9.59 Å². The number of anilines is 3. The molecule has 0 saturated carbocycles. The second-order valence-corrected chi connectivity index (χ2v) is 6.71. The van der Waals surface area contributed by atoms with Crippen molar-refractivity contribution < 1.29 is 14.0 Å². The van der Waals surface area contributed by atoms with Gasteiger partial charge >= 0.3 is 6.03 Å². The zero-order valence-electron chi connectivity index (χ0n) is 16.1. The first-order valence-electron chi connectivity index (χ1n) is 9.35. The predicted molar refractivity (Wildman–Crippen MR) is 118 cm³/mol. The van der Waals surface area contributed by atoms with Gasteiger partial charge in [-0.1, -0.05) is 18.2 Å². The van der Waals surface area contributed by atoms with E-state index in [1.54, 1.807) is 48.5 Å². The van der Waals surface area contributed by atoms with Crippen molar-refractivity contribution in [3.8, 4) is 0 Å². The van der Waals surface area contributed by atoms with Crippen LogP contribution in [0.3, 0.4) is 0 Å². The number of amides is 3. The number of rotatable bonds is 4. The van der Waals surface area contributed by atoms with Crippen molar-refractivity contribution in [3.63, 3.8) is 0 Å². The number of urea groups is 1. The largest absolute Gasteiger partial charge is 0.323 e. The van der Waals surface area contributed by atoms with Gasteiger partial charge in [0.1, 0.15) is 5.82 Å². The average molecular weight is 416 g/mol. The maximum Gasteiger partial charge on any atom is 0.323 e. The molecule has 31 heavy (non-hydrogen) atoms. The molecule has 1 heterocycles. The SMILES string of the molecule is O=C(Nc1ccc(F)cc1)Nc1ccc(NC(=O)c2cc(=O)[nH]c3ccccc23)cc1. The smallest absolute Gasteiger partial charge is 0.322 e. The molecule has 8 heteroatoms. The van der Waals surface area contributed by atoms with E-state index in [1.165, 1.54) is 30.3 Å². The molecule has 0 spiro atoms. The van der Waals surface area contributed by atoms with Gasteiger partial charge in [-0.15, -0.1) is 0 Å². The molecule has 0 atom stereocenters. The number of nitrogens with one attached hydrogen (secondary N) is 4. The van der Waals surface area contributed by atoms with Gasteiger partial charge in [0, 0.05) is 34.0 Å². The highest BCUT2D eigenvalue weighted by atomic mass is 19.1. The molecule has 0 aliphatic carbocycles. The van der Waals surface area contributed by atoms with Gasteiger partial charge in [0.25, 0.3) is 5.91 Å². The average Bonchev–Trinajstić information content (AvgIpc) is 2.76. The lowest BCUT2D eigenvalue weighted by Gasteiger charge is -2.10. The molecule has 0 fully saturated rings. The van der Waals surface area contributed by atoms with Crippen molar-refractivity contribution in [2.75, 3.05) is 16.0 Å². The first kappa shape index (κ1) is 19.8. The fourth-order valence-corrected chi connectivity index (χ4v) is 3.05. The van der Waals surface area contributed by atoms with Crippen molar-refractivity contribution in [1.82, 2.24) is 4.98 Å². The summed E-state index contributed by atoms with van der Waals surface area (Å²) in [4.78, 5) is 39.3. The third-order valence-corrected chi connectivity index (χ3v) is 4.50. The number of halogens is 1. The molecule has 4 rings (SSSR count). The third kappa shape index (κ3) is 4.76. The molecule has 3 amide bonds. The fourth-order valence-electron chi connectivity index (χ4n) is 3.05. The molecule has 0 unspecified atom stereocenters. The van der Waals surface area contributed by atoms with Crippen LogP contribution >= 0.6 is 0 Å². The molecule has 4 aromatic rings. The topological polar surface area (TPSA) is 103 Å². The summed E-state index contributed by atoms with van der Waals surface area (Å²) in [7, 11) is 0. The Morgan fingerprint density at radius 3 is 1.94 bits per heavy atom. The van der Waals surface area contributed by atoms with Crippen molar-refractivity contribution in [3.05, 3.63) is 101 Å². The molecule has 0 bridgehead atoms. The molecular formula is C23H17FN4O3. The summed E-state index contributed by atoms with van der Waals surface area (Å²) < 4.78 is 12.9. The van der Waals surface area contributed by atoms with E-state index in [9.17, 15) is 18.8 Å². The van der Waals surface area contributed by atoms with E-state index in [1.807, 2.05) is 0 Å². The van der Waals surface area contributed by atoms with Crippen molar-refractivity contribution in [2.45, 2.75) is 0 Å².